The fourth-order valence-electron chi connectivity index (χ4n) is 10.7. The zero-order valence-electron chi connectivity index (χ0n) is 40.9. The van der Waals surface area contributed by atoms with Gasteiger partial charge in [-0.25, -0.2) is 4.98 Å². The van der Waals surface area contributed by atoms with E-state index in [9.17, 15) is 0 Å². The first kappa shape index (κ1) is 42.8. The van der Waals surface area contributed by atoms with Crippen molar-refractivity contribution in [2.45, 2.75) is 92.4 Å². The molecule has 2 aliphatic rings. The van der Waals surface area contributed by atoms with Crippen LogP contribution in [0, 0.1) is 20.5 Å². The predicted octanol–water partition coefficient (Wildman–Crippen LogP) is 17.2. The van der Waals surface area contributed by atoms with Crippen molar-refractivity contribution in [3.63, 3.8) is 0 Å². The quantitative estimate of drug-likeness (QED) is 0.0906. The maximum Gasteiger partial charge on any atom is 0.225 e. The molecule has 334 valence electrons. The van der Waals surface area contributed by atoms with Crippen molar-refractivity contribution in [2.24, 2.45) is 0 Å². The summed E-state index contributed by atoms with van der Waals surface area (Å²) in [7, 11) is 0. The van der Waals surface area contributed by atoms with Crippen molar-refractivity contribution in [1.29, 1.82) is 0 Å². The number of rotatable bonds is 7. The minimum Gasteiger partial charge on any atom is -0.457 e. The van der Waals surface area contributed by atoms with Crippen LogP contribution in [-0.4, -0.2) is 9.55 Å². The summed E-state index contributed by atoms with van der Waals surface area (Å²) < 4.78 is 10.4. The number of ether oxygens (including phenoxy) is 1. The van der Waals surface area contributed by atoms with Crippen LogP contribution < -0.4 is 13.9 Å². The van der Waals surface area contributed by atoms with Crippen molar-refractivity contribution in [3.8, 4) is 39.6 Å². The highest BCUT2D eigenvalue weighted by Gasteiger charge is 2.78. The van der Waals surface area contributed by atoms with Gasteiger partial charge in [0.05, 0.1) is 11.0 Å². The highest BCUT2D eigenvalue weighted by Crippen LogP contribution is 2.76. The lowest BCUT2D eigenvalue weighted by Crippen LogP contribution is -2.46. The molecule has 7 aromatic carbocycles. The lowest BCUT2D eigenvalue weighted by atomic mass is 9.83. The lowest BCUT2D eigenvalue weighted by Gasteiger charge is -2.41. The molecular weight excluding hydrogens is 817 g/mol. The van der Waals surface area contributed by atoms with Crippen LogP contribution in [0.5, 0.6) is 11.5 Å². The van der Waals surface area contributed by atoms with Crippen molar-refractivity contribution in [2.75, 3.05) is 0 Å². The molecule has 2 aromatic heterocycles. The summed E-state index contributed by atoms with van der Waals surface area (Å²) in [5, 5.41) is 2.34. The number of nitrogens with zero attached hydrogens (tertiary/aromatic N) is 4. The summed E-state index contributed by atoms with van der Waals surface area (Å²) in [6.45, 7) is 27.6. The molecule has 1 unspecified atom stereocenters. The van der Waals surface area contributed by atoms with Gasteiger partial charge in [0, 0.05) is 59.4 Å². The molecule has 0 radical (unpaired) electrons. The first-order chi connectivity index (χ1) is 31.9. The van der Waals surface area contributed by atoms with Crippen LogP contribution in [-0.2, 0) is 16.2 Å². The molecule has 0 aliphatic carbocycles. The largest absolute Gasteiger partial charge is 0.457 e. The summed E-state index contributed by atoms with van der Waals surface area (Å²) in [6.07, 6.45) is 1.95. The first-order valence-corrected chi connectivity index (χ1v) is 23.8. The predicted molar refractivity (Wildman–Crippen MR) is 282 cm³/mol. The van der Waals surface area contributed by atoms with Gasteiger partial charge in [0.15, 0.2) is 18.0 Å². The Kier molecular flexibility index (Phi) is 9.49. The van der Waals surface area contributed by atoms with Gasteiger partial charge in [0.2, 0.25) is 11.4 Å². The molecule has 5 heteroatoms. The molecule has 1 saturated heterocycles. The van der Waals surface area contributed by atoms with Gasteiger partial charge in [-0.05, 0) is 117 Å². The smallest absolute Gasteiger partial charge is 0.225 e. The van der Waals surface area contributed by atoms with E-state index in [1.165, 1.54) is 67.0 Å². The van der Waals surface area contributed by atoms with Crippen LogP contribution in [0.2, 0.25) is 0 Å². The third kappa shape index (κ3) is 6.77. The summed E-state index contributed by atoms with van der Waals surface area (Å²) in [6, 6.07) is 58.1. The monoisotopic (exact) mass is 877 g/mol. The number of quaternary nitrogens is 2. The number of para-hydroxylation sites is 1. The fourth-order valence-corrected chi connectivity index (χ4v) is 10.7. The zero-order chi connectivity index (χ0) is 46.8. The molecule has 2 atom stereocenters. The van der Waals surface area contributed by atoms with E-state index < -0.39 is 0 Å². The zero-order valence-corrected chi connectivity index (χ0v) is 40.9. The number of hydrogen-bond donors (Lipinski definition) is 0. The molecule has 11 rings (SSSR count). The van der Waals surface area contributed by atoms with Crippen molar-refractivity contribution in [3.05, 3.63) is 198 Å². The van der Waals surface area contributed by atoms with Gasteiger partial charge in [0.1, 0.15) is 17.3 Å². The van der Waals surface area contributed by atoms with Crippen LogP contribution in [0.1, 0.15) is 90.1 Å². The molecule has 0 amide bonds. The Morgan fingerprint density at radius 2 is 1.12 bits per heavy atom. The average Bonchev–Trinajstić information content (AvgIpc) is 3.79. The fraction of sp³-hybridized carbons (Fsp3) is 0.226. The Morgan fingerprint density at radius 1 is 0.463 bits per heavy atom. The number of hydrogen-bond acceptors (Lipinski definition) is 2. The van der Waals surface area contributed by atoms with Gasteiger partial charge in [-0.2, -0.15) is 9.18 Å². The van der Waals surface area contributed by atoms with Gasteiger partial charge in [-0.15, -0.1) is 0 Å². The van der Waals surface area contributed by atoms with E-state index >= 15 is 0 Å². The summed E-state index contributed by atoms with van der Waals surface area (Å²) in [5.74, 6) is 2.44. The molecule has 9 aromatic rings. The molecule has 0 bridgehead atoms. The normalized spacial score (nSPS) is 17.8. The summed E-state index contributed by atoms with van der Waals surface area (Å²) in [5.41, 5.74) is 18.7. The van der Waals surface area contributed by atoms with Gasteiger partial charge in [0.25, 0.3) is 0 Å². The molecular formula is C62H61N4O+. The Balaban J connectivity index is 1.01. The Bertz CT molecular complexity index is 3430. The van der Waals surface area contributed by atoms with Crippen LogP contribution in [0.25, 0.3) is 49.9 Å². The van der Waals surface area contributed by atoms with Crippen LogP contribution in [0.4, 0.5) is 22.7 Å². The van der Waals surface area contributed by atoms with Crippen molar-refractivity contribution < 1.29 is 4.74 Å². The molecule has 2 aliphatic heterocycles. The lowest BCUT2D eigenvalue weighted by molar-refractivity contribution is 0.421. The first-order valence-electron chi connectivity index (χ1n) is 23.8. The standard InChI is InChI=1S/C62H61N4O/c1-40-30-46(61(6,7)8)31-41(2)59(40)43-28-29-63-58(34-43)64-54-23-16-15-22-52(54)53-26-25-51(38-55(53)64)67-50-21-17-20-48(37-50)65-39-66(65,56-27-24-45(36-57(56)65)60(3,4)5)49-33-44(42-18-13-12-14-19-42)32-47(35-49)62(9,10)11/h12-39H,1-11H3/q+1/t65?,66-/m0/s1. The van der Waals surface area contributed by atoms with Gasteiger partial charge < -0.3 is 4.74 Å². The number of fused-ring (bicyclic) bond motifs is 7. The Morgan fingerprint density at radius 3 is 1.85 bits per heavy atom. The van der Waals surface area contributed by atoms with Gasteiger partial charge >= 0.3 is 0 Å². The van der Waals surface area contributed by atoms with Crippen LogP contribution in [0.3, 0.4) is 0 Å². The number of aryl methyl sites for hydroxylation is 2. The minimum atomic E-state index is -0.0385. The second kappa shape index (κ2) is 14.9. The van der Waals surface area contributed by atoms with Crippen LogP contribution >= 0.6 is 0 Å². The number of pyridine rings is 1. The van der Waals surface area contributed by atoms with Crippen LogP contribution in [0.15, 0.2) is 164 Å². The Hall–Kier alpha value is -6.79. The Labute approximate surface area is 396 Å². The third-order valence-electron chi connectivity index (χ3n) is 14.4. The van der Waals surface area contributed by atoms with Gasteiger partial charge in [-0.1, -0.05) is 141 Å². The molecule has 1 fully saturated rings. The van der Waals surface area contributed by atoms with Crippen molar-refractivity contribution >= 4 is 44.6 Å². The minimum absolute atomic E-state index is 0.00536. The second-order valence-corrected chi connectivity index (χ2v) is 22.1. The van der Waals surface area contributed by atoms with Crippen molar-refractivity contribution in [1.82, 2.24) is 18.7 Å². The molecule has 0 saturated carbocycles. The van der Waals surface area contributed by atoms with E-state index in [0.717, 1.165) is 45.0 Å². The van der Waals surface area contributed by atoms with E-state index in [2.05, 4.69) is 245 Å². The average molecular weight is 878 g/mol. The highest BCUT2D eigenvalue weighted by atomic mass is 16.5. The number of aromatic nitrogens is 2. The summed E-state index contributed by atoms with van der Waals surface area (Å²) >= 11 is 0. The summed E-state index contributed by atoms with van der Waals surface area (Å²) in [4.78, 5) is 5.02. The topological polar surface area (TPSA) is 27.1 Å². The molecule has 0 N–H and O–H groups in total. The molecule has 4 heterocycles. The SMILES string of the molecule is Cc1cc(C(C)(C)C)cc(C)c1-c1ccnc(-n2c3ccccc3c3ccc(Oc4cccc([N+]56[CH-][N@+]5(c5cc(-c7ccccc7)cc(C(C)(C)C)c5)c5ccc(C(C)(C)C)cc56)c4)cc32)c1. The van der Waals surface area contributed by atoms with E-state index in [1.807, 2.05) is 6.20 Å². The molecule has 67 heavy (non-hydrogen) atoms. The van der Waals surface area contributed by atoms with E-state index in [4.69, 9.17) is 9.72 Å². The van der Waals surface area contributed by atoms with E-state index in [0.29, 0.717) is 9.18 Å². The third-order valence-corrected chi connectivity index (χ3v) is 14.4. The van der Waals surface area contributed by atoms with E-state index in [-0.39, 0.29) is 16.2 Å². The molecule has 5 nitrogen and oxygen atoms in total. The van der Waals surface area contributed by atoms with E-state index in [1.54, 1.807) is 0 Å². The molecule has 0 spiro atoms. The maximum absolute atomic E-state index is 6.94. The maximum atomic E-state index is 6.94. The van der Waals surface area contributed by atoms with Gasteiger partial charge in [-0.3, -0.25) is 4.57 Å². The highest BCUT2D eigenvalue weighted by molar-refractivity contribution is 6.09. The second-order valence-electron chi connectivity index (χ2n) is 22.1. The number of benzene rings is 7.